The Balaban J connectivity index is 1.84. The van der Waals surface area contributed by atoms with Crippen LogP contribution in [0.15, 0.2) is 24.3 Å². The summed E-state index contributed by atoms with van der Waals surface area (Å²) < 4.78 is 5.34. The van der Waals surface area contributed by atoms with E-state index in [4.69, 9.17) is 9.72 Å². The summed E-state index contributed by atoms with van der Waals surface area (Å²) in [4.78, 5) is 21.8. The van der Waals surface area contributed by atoms with Crippen LogP contribution in [0, 0.1) is 12.3 Å². The van der Waals surface area contributed by atoms with Gasteiger partial charge in [-0.25, -0.2) is 4.98 Å². The molecule has 1 fully saturated rings. The number of aryl methyl sites for hydroxylation is 1. The molecular formula is C21H29N3O2. The highest BCUT2D eigenvalue weighted by Crippen LogP contribution is 2.27. The molecule has 1 saturated heterocycles. The Morgan fingerprint density at radius 1 is 1.12 bits per heavy atom. The maximum atomic E-state index is 12.6. The SMILES string of the molecule is COc1ccc2c(C)cc(N3CCCN(C(=O)C(C)(C)C)CC3)nc2c1. The topological polar surface area (TPSA) is 45.7 Å². The van der Waals surface area contributed by atoms with E-state index in [0.717, 1.165) is 55.1 Å². The molecule has 2 aromatic rings. The van der Waals surface area contributed by atoms with Gasteiger partial charge in [-0.1, -0.05) is 20.8 Å². The van der Waals surface area contributed by atoms with E-state index < -0.39 is 0 Å². The summed E-state index contributed by atoms with van der Waals surface area (Å²) in [5, 5.41) is 1.15. The molecule has 0 saturated carbocycles. The van der Waals surface area contributed by atoms with Crippen molar-refractivity contribution < 1.29 is 9.53 Å². The molecule has 26 heavy (non-hydrogen) atoms. The Hall–Kier alpha value is -2.30. The van der Waals surface area contributed by atoms with E-state index in [9.17, 15) is 4.79 Å². The van der Waals surface area contributed by atoms with E-state index in [-0.39, 0.29) is 11.3 Å². The molecule has 0 spiro atoms. The summed E-state index contributed by atoms with van der Waals surface area (Å²) in [7, 11) is 1.67. The third-order valence-electron chi connectivity index (χ3n) is 4.96. The van der Waals surface area contributed by atoms with Crippen molar-refractivity contribution in [2.24, 2.45) is 5.41 Å². The highest BCUT2D eigenvalue weighted by Gasteiger charge is 2.28. The number of carbonyl (C=O) groups excluding carboxylic acids is 1. The van der Waals surface area contributed by atoms with Crippen molar-refractivity contribution in [2.75, 3.05) is 38.2 Å². The molecule has 0 atom stereocenters. The maximum Gasteiger partial charge on any atom is 0.228 e. The molecule has 2 heterocycles. The number of anilines is 1. The minimum atomic E-state index is -0.330. The van der Waals surface area contributed by atoms with Gasteiger partial charge in [0.15, 0.2) is 0 Å². The van der Waals surface area contributed by atoms with Gasteiger partial charge in [0.2, 0.25) is 5.91 Å². The van der Waals surface area contributed by atoms with Crippen molar-refractivity contribution in [3.63, 3.8) is 0 Å². The first-order chi connectivity index (χ1) is 12.3. The van der Waals surface area contributed by atoms with Crippen LogP contribution in [0.1, 0.15) is 32.8 Å². The zero-order valence-corrected chi connectivity index (χ0v) is 16.5. The summed E-state index contributed by atoms with van der Waals surface area (Å²) in [6, 6.07) is 8.17. The van der Waals surface area contributed by atoms with Crippen LogP contribution < -0.4 is 9.64 Å². The first-order valence-corrected chi connectivity index (χ1v) is 9.29. The molecule has 0 aliphatic carbocycles. The number of fused-ring (bicyclic) bond motifs is 1. The average Bonchev–Trinajstić information content (AvgIpc) is 2.85. The van der Waals surface area contributed by atoms with Gasteiger partial charge >= 0.3 is 0 Å². The van der Waals surface area contributed by atoms with Crippen LogP contribution in [0.5, 0.6) is 5.75 Å². The second kappa shape index (κ2) is 7.14. The van der Waals surface area contributed by atoms with Gasteiger partial charge in [0.25, 0.3) is 0 Å². The van der Waals surface area contributed by atoms with Gasteiger partial charge in [-0.05, 0) is 37.1 Å². The van der Waals surface area contributed by atoms with Crippen molar-refractivity contribution in [1.82, 2.24) is 9.88 Å². The van der Waals surface area contributed by atoms with Crippen molar-refractivity contribution in [3.05, 3.63) is 29.8 Å². The number of amides is 1. The minimum absolute atomic E-state index is 0.228. The van der Waals surface area contributed by atoms with Crippen LogP contribution in [0.3, 0.4) is 0 Å². The number of hydrogen-bond donors (Lipinski definition) is 0. The third kappa shape index (κ3) is 3.76. The lowest BCUT2D eigenvalue weighted by Crippen LogP contribution is -2.41. The monoisotopic (exact) mass is 355 g/mol. The molecule has 0 unspecified atom stereocenters. The van der Waals surface area contributed by atoms with Gasteiger partial charge in [-0.3, -0.25) is 4.79 Å². The molecule has 1 amide bonds. The minimum Gasteiger partial charge on any atom is -0.497 e. The Bertz CT molecular complexity index is 811. The molecule has 1 aromatic heterocycles. The van der Waals surface area contributed by atoms with Crippen LogP contribution in [0.4, 0.5) is 5.82 Å². The Labute approximate surface area is 156 Å². The normalized spacial score (nSPS) is 15.9. The van der Waals surface area contributed by atoms with Crippen LogP contribution in [0.2, 0.25) is 0 Å². The first-order valence-electron chi connectivity index (χ1n) is 9.29. The van der Waals surface area contributed by atoms with Gasteiger partial charge in [0, 0.05) is 43.0 Å². The fraction of sp³-hybridized carbons (Fsp3) is 0.524. The maximum absolute atomic E-state index is 12.6. The molecular weight excluding hydrogens is 326 g/mol. The lowest BCUT2D eigenvalue weighted by Gasteiger charge is -2.28. The van der Waals surface area contributed by atoms with Gasteiger partial charge in [-0.15, -0.1) is 0 Å². The van der Waals surface area contributed by atoms with E-state index in [1.807, 2.05) is 37.8 Å². The smallest absolute Gasteiger partial charge is 0.228 e. The standard InChI is InChI=1S/C21H29N3O2/c1-15-13-19(22-18-14-16(26-5)7-8-17(15)18)23-9-6-10-24(12-11-23)20(25)21(2,3)4/h7-8,13-14H,6,9-12H2,1-5H3. The molecule has 0 bridgehead atoms. The fourth-order valence-electron chi connectivity index (χ4n) is 3.48. The first kappa shape index (κ1) is 18.5. The van der Waals surface area contributed by atoms with Gasteiger partial charge in [-0.2, -0.15) is 0 Å². The lowest BCUT2D eigenvalue weighted by molar-refractivity contribution is -0.139. The molecule has 140 valence electrons. The van der Waals surface area contributed by atoms with Gasteiger partial charge in [0.05, 0.1) is 12.6 Å². The highest BCUT2D eigenvalue weighted by atomic mass is 16.5. The van der Waals surface area contributed by atoms with E-state index >= 15 is 0 Å². The van der Waals surface area contributed by atoms with Crippen molar-refractivity contribution in [2.45, 2.75) is 34.1 Å². The fourth-order valence-corrected chi connectivity index (χ4v) is 3.48. The molecule has 5 heteroatoms. The number of hydrogen-bond acceptors (Lipinski definition) is 4. The number of nitrogens with zero attached hydrogens (tertiary/aromatic N) is 3. The van der Waals surface area contributed by atoms with E-state index in [0.29, 0.717) is 0 Å². The molecule has 0 radical (unpaired) electrons. The van der Waals surface area contributed by atoms with Gasteiger partial charge < -0.3 is 14.5 Å². The quantitative estimate of drug-likeness (QED) is 0.825. The van der Waals surface area contributed by atoms with Crippen LogP contribution in [-0.4, -0.2) is 49.1 Å². The Morgan fingerprint density at radius 3 is 2.58 bits per heavy atom. The molecule has 1 aliphatic heterocycles. The average molecular weight is 355 g/mol. The van der Waals surface area contributed by atoms with Crippen molar-refractivity contribution in [3.8, 4) is 5.75 Å². The third-order valence-corrected chi connectivity index (χ3v) is 4.96. The Morgan fingerprint density at radius 2 is 1.88 bits per heavy atom. The summed E-state index contributed by atoms with van der Waals surface area (Å²) in [5.74, 6) is 2.03. The van der Waals surface area contributed by atoms with Crippen LogP contribution >= 0.6 is 0 Å². The second-order valence-electron chi connectivity index (χ2n) is 8.06. The zero-order valence-electron chi connectivity index (χ0n) is 16.5. The van der Waals surface area contributed by atoms with Crippen molar-refractivity contribution in [1.29, 1.82) is 0 Å². The van der Waals surface area contributed by atoms with Crippen LogP contribution in [-0.2, 0) is 4.79 Å². The van der Waals surface area contributed by atoms with E-state index in [1.165, 1.54) is 5.56 Å². The lowest BCUT2D eigenvalue weighted by atomic mass is 9.94. The van der Waals surface area contributed by atoms with Crippen molar-refractivity contribution >= 4 is 22.6 Å². The molecule has 1 aliphatic rings. The molecule has 3 rings (SSSR count). The highest BCUT2D eigenvalue weighted by molar-refractivity contribution is 5.85. The summed E-state index contributed by atoms with van der Waals surface area (Å²) in [6.45, 7) is 11.4. The molecule has 5 nitrogen and oxygen atoms in total. The number of rotatable bonds is 2. The summed E-state index contributed by atoms with van der Waals surface area (Å²) in [6.07, 6.45) is 0.957. The number of aromatic nitrogens is 1. The zero-order chi connectivity index (χ0) is 18.9. The number of carbonyl (C=O) groups is 1. The van der Waals surface area contributed by atoms with Gasteiger partial charge in [0.1, 0.15) is 11.6 Å². The second-order valence-corrected chi connectivity index (χ2v) is 8.06. The molecule has 0 N–H and O–H groups in total. The summed E-state index contributed by atoms with van der Waals surface area (Å²) >= 11 is 0. The molecule has 1 aromatic carbocycles. The largest absolute Gasteiger partial charge is 0.497 e. The Kier molecular flexibility index (Phi) is 5.08. The number of benzene rings is 1. The number of pyridine rings is 1. The number of methoxy groups -OCH3 is 1. The summed E-state index contributed by atoms with van der Waals surface area (Å²) in [5.41, 5.74) is 1.83. The number of ether oxygens (including phenoxy) is 1. The predicted molar refractivity (Wildman–Crippen MR) is 106 cm³/mol. The van der Waals surface area contributed by atoms with E-state index in [1.54, 1.807) is 7.11 Å². The van der Waals surface area contributed by atoms with E-state index in [2.05, 4.69) is 24.0 Å². The predicted octanol–water partition coefficient (Wildman–Crippen LogP) is 3.64. The van der Waals surface area contributed by atoms with Crippen LogP contribution in [0.25, 0.3) is 10.9 Å².